The molecule has 0 bridgehead atoms. The molecule has 2 aliphatic rings. The maximum atomic E-state index is 12.8. The Bertz CT molecular complexity index is 927. The lowest BCUT2D eigenvalue weighted by molar-refractivity contribution is -0.152. The van der Waals surface area contributed by atoms with Crippen molar-refractivity contribution in [3.63, 3.8) is 0 Å². The third kappa shape index (κ3) is 3.69. The smallest absolute Gasteiger partial charge is 0.343 e. The van der Waals surface area contributed by atoms with Crippen LogP contribution in [0, 0.1) is 20.8 Å². The number of carbonyl (C=O) groups excluding carboxylic acids is 1. The third-order valence-electron chi connectivity index (χ3n) is 6.16. The van der Waals surface area contributed by atoms with Gasteiger partial charge < -0.3 is 14.6 Å². The second kappa shape index (κ2) is 7.68. The van der Waals surface area contributed by atoms with Crippen molar-refractivity contribution in [1.82, 2.24) is 0 Å². The highest BCUT2D eigenvalue weighted by Gasteiger charge is 2.51. The van der Waals surface area contributed by atoms with Gasteiger partial charge in [0.2, 0.25) is 0 Å². The summed E-state index contributed by atoms with van der Waals surface area (Å²) in [5.41, 5.74) is 4.50. The van der Waals surface area contributed by atoms with Gasteiger partial charge in [-0.2, -0.15) is 0 Å². The minimum atomic E-state index is -0.900. The SMILES string of the molecule is Cc1cc(C)c(C2=C(O)C3(CCC(OCc4ccccc4)CC3)OC2=O)c(C)c1. The summed E-state index contributed by atoms with van der Waals surface area (Å²) >= 11 is 0. The lowest BCUT2D eigenvalue weighted by Crippen LogP contribution is -2.39. The zero-order valence-electron chi connectivity index (χ0n) is 17.3. The Morgan fingerprint density at radius 3 is 2.31 bits per heavy atom. The Morgan fingerprint density at radius 1 is 1.07 bits per heavy atom. The molecular formula is C25H28O4. The predicted octanol–water partition coefficient (Wildman–Crippen LogP) is 5.34. The van der Waals surface area contributed by atoms with E-state index in [1.54, 1.807) is 0 Å². The molecule has 1 heterocycles. The topological polar surface area (TPSA) is 55.8 Å². The maximum absolute atomic E-state index is 12.8. The van der Waals surface area contributed by atoms with E-state index in [9.17, 15) is 9.90 Å². The van der Waals surface area contributed by atoms with Gasteiger partial charge in [-0.1, -0.05) is 48.0 Å². The molecule has 4 rings (SSSR count). The van der Waals surface area contributed by atoms with E-state index < -0.39 is 11.6 Å². The van der Waals surface area contributed by atoms with Gasteiger partial charge in [0.1, 0.15) is 5.57 Å². The second-order valence-corrected chi connectivity index (χ2v) is 8.38. The fourth-order valence-electron chi connectivity index (χ4n) is 4.75. The van der Waals surface area contributed by atoms with Crippen LogP contribution in [-0.4, -0.2) is 22.8 Å². The van der Waals surface area contributed by atoms with Gasteiger partial charge in [0.15, 0.2) is 11.4 Å². The van der Waals surface area contributed by atoms with Crippen molar-refractivity contribution in [2.75, 3.05) is 0 Å². The molecule has 2 aromatic rings. The molecule has 1 aliphatic carbocycles. The minimum Gasteiger partial charge on any atom is -0.507 e. The zero-order chi connectivity index (χ0) is 20.6. The number of benzene rings is 2. The van der Waals surface area contributed by atoms with Gasteiger partial charge in [0.25, 0.3) is 0 Å². The van der Waals surface area contributed by atoms with E-state index in [2.05, 4.69) is 12.1 Å². The van der Waals surface area contributed by atoms with Crippen LogP contribution in [0.2, 0.25) is 0 Å². The highest BCUT2D eigenvalue weighted by atomic mass is 16.6. The number of hydrogen-bond donors (Lipinski definition) is 1. The van der Waals surface area contributed by atoms with Crippen molar-refractivity contribution in [3.8, 4) is 0 Å². The molecule has 1 saturated carbocycles. The summed E-state index contributed by atoms with van der Waals surface area (Å²) in [7, 11) is 0. The number of aryl methyl sites for hydroxylation is 3. The van der Waals surface area contributed by atoms with Crippen LogP contribution in [0.1, 0.15) is 53.5 Å². The van der Waals surface area contributed by atoms with Crippen LogP contribution in [0.5, 0.6) is 0 Å². The summed E-state index contributed by atoms with van der Waals surface area (Å²) in [5, 5.41) is 11.1. The summed E-state index contributed by atoms with van der Waals surface area (Å²) in [6, 6.07) is 14.2. The fraction of sp³-hybridized carbons (Fsp3) is 0.400. The molecule has 4 heteroatoms. The highest BCUT2D eigenvalue weighted by Crippen LogP contribution is 2.46. The molecule has 0 aromatic heterocycles. The lowest BCUT2D eigenvalue weighted by Gasteiger charge is -2.35. The van der Waals surface area contributed by atoms with Crippen LogP contribution in [0.4, 0.5) is 0 Å². The molecule has 0 amide bonds. The predicted molar refractivity (Wildman–Crippen MR) is 113 cm³/mol. The monoisotopic (exact) mass is 392 g/mol. The molecule has 1 spiro atoms. The van der Waals surface area contributed by atoms with E-state index in [1.165, 1.54) is 0 Å². The van der Waals surface area contributed by atoms with E-state index >= 15 is 0 Å². The van der Waals surface area contributed by atoms with Crippen molar-refractivity contribution in [1.29, 1.82) is 0 Å². The van der Waals surface area contributed by atoms with Crippen LogP contribution in [0.3, 0.4) is 0 Å². The Kier molecular flexibility index (Phi) is 5.22. The van der Waals surface area contributed by atoms with Gasteiger partial charge >= 0.3 is 5.97 Å². The highest BCUT2D eigenvalue weighted by molar-refractivity contribution is 6.20. The van der Waals surface area contributed by atoms with Gasteiger partial charge in [-0.05, 0) is 68.7 Å². The summed E-state index contributed by atoms with van der Waals surface area (Å²) in [6.07, 6.45) is 2.78. The first kappa shape index (κ1) is 19.7. The number of ether oxygens (including phenoxy) is 2. The van der Waals surface area contributed by atoms with Gasteiger partial charge in [-0.15, -0.1) is 0 Å². The summed E-state index contributed by atoms with van der Waals surface area (Å²) in [5.74, 6) is -0.319. The van der Waals surface area contributed by atoms with E-state index in [4.69, 9.17) is 9.47 Å². The average molecular weight is 392 g/mol. The van der Waals surface area contributed by atoms with Crippen molar-refractivity contribution >= 4 is 11.5 Å². The second-order valence-electron chi connectivity index (χ2n) is 8.38. The summed E-state index contributed by atoms with van der Waals surface area (Å²) in [6.45, 7) is 6.56. The van der Waals surface area contributed by atoms with E-state index in [0.29, 0.717) is 25.0 Å². The van der Waals surface area contributed by atoms with E-state index in [0.717, 1.165) is 40.7 Å². The van der Waals surface area contributed by atoms with Crippen LogP contribution in [0.25, 0.3) is 5.57 Å². The van der Waals surface area contributed by atoms with Crippen LogP contribution in [0.15, 0.2) is 48.2 Å². The van der Waals surface area contributed by atoms with Crippen molar-refractivity contribution < 1.29 is 19.4 Å². The Hall–Kier alpha value is -2.59. The van der Waals surface area contributed by atoms with Gasteiger partial charge in [0.05, 0.1) is 12.7 Å². The number of hydrogen-bond acceptors (Lipinski definition) is 4. The third-order valence-corrected chi connectivity index (χ3v) is 6.16. The number of carbonyl (C=O) groups is 1. The molecule has 29 heavy (non-hydrogen) atoms. The van der Waals surface area contributed by atoms with Crippen LogP contribution < -0.4 is 0 Å². The maximum Gasteiger partial charge on any atom is 0.343 e. The Labute approximate surface area is 172 Å². The summed E-state index contributed by atoms with van der Waals surface area (Å²) < 4.78 is 11.9. The quantitative estimate of drug-likeness (QED) is 0.714. The average Bonchev–Trinajstić information content (AvgIpc) is 2.92. The molecular weight excluding hydrogens is 364 g/mol. The molecule has 1 fully saturated rings. The standard InChI is InChI=1S/C25H28O4/c1-16-13-17(2)21(18(3)14-16)22-23(26)25(29-24(22)27)11-9-20(10-12-25)28-15-19-7-5-4-6-8-19/h4-8,13-14,20,26H,9-12,15H2,1-3H3. The minimum absolute atomic E-state index is 0.0964. The van der Waals surface area contributed by atoms with Crippen molar-refractivity contribution in [2.45, 2.75) is 64.8 Å². The molecule has 152 valence electrons. The normalized spacial score (nSPS) is 24.2. The summed E-state index contributed by atoms with van der Waals surface area (Å²) in [4.78, 5) is 12.8. The first-order valence-electron chi connectivity index (χ1n) is 10.3. The molecule has 2 aromatic carbocycles. The molecule has 1 N–H and O–H groups in total. The molecule has 0 atom stereocenters. The van der Waals surface area contributed by atoms with Crippen LogP contribution >= 0.6 is 0 Å². The molecule has 0 radical (unpaired) electrons. The van der Waals surface area contributed by atoms with Crippen molar-refractivity contribution in [3.05, 3.63) is 76.0 Å². The zero-order valence-corrected chi connectivity index (χ0v) is 17.3. The number of esters is 1. The molecule has 1 aliphatic heterocycles. The molecule has 4 nitrogen and oxygen atoms in total. The number of aliphatic hydroxyl groups excluding tert-OH is 1. The van der Waals surface area contributed by atoms with E-state index in [1.807, 2.05) is 51.1 Å². The number of rotatable bonds is 4. The van der Waals surface area contributed by atoms with Gasteiger partial charge in [-0.25, -0.2) is 4.79 Å². The number of aliphatic hydroxyl groups is 1. The van der Waals surface area contributed by atoms with Gasteiger partial charge in [0, 0.05) is 0 Å². The first-order chi connectivity index (χ1) is 13.9. The first-order valence-corrected chi connectivity index (χ1v) is 10.3. The fourth-order valence-corrected chi connectivity index (χ4v) is 4.75. The van der Waals surface area contributed by atoms with Crippen LogP contribution in [-0.2, 0) is 20.9 Å². The molecule has 0 unspecified atom stereocenters. The Balaban J connectivity index is 1.51. The molecule has 0 saturated heterocycles. The van der Waals surface area contributed by atoms with E-state index in [-0.39, 0.29) is 11.9 Å². The Morgan fingerprint density at radius 2 is 1.69 bits per heavy atom. The van der Waals surface area contributed by atoms with Gasteiger partial charge in [-0.3, -0.25) is 0 Å². The lowest BCUT2D eigenvalue weighted by atomic mass is 9.80. The van der Waals surface area contributed by atoms with Crippen molar-refractivity contribution in [2.24, 2.45) is 0 Å². The largest absolute Gasteiger partial charge is 0.507 e.